The van der Waals surface area contributed by atoms with Gasteiger partial charge in [0.2, 0.25) is 0 Å². The molecule has 2 atom stereocenters. The first-order chi connectivity index (χ1) is 18.4. The summed E-state index contributed by atoms with van der Waals surface area (Å²) in [7, 11) is 0. The van der Waals surface area contributed by atoms with E-state index in [4.69, 9.17) is 27.8 Å². The van der Waals surface area contributed by atoms with Crippen molar-refractivity contribution in [1.82, 2.24) is 14.9 Å². The molecule has 1 unspecified atom stereocenters. The van der Waals surface area contributed by atoms with E-state index in [1.807, 2.05) is 18.2 Å². The molecule has 0 saturated carbocycles. The van der Waals surface area contributed by atoms with Crippen LogP contribution in [0.25, 0.3) is 0 Å². The molecule has 38 heavy (non-hydrogen) atoms. The van der Waals surface area contributed by atoms with Crippen molar-refractivity contribution in [2.45, 2.75) is 54.2 Å². The molecule has 0 aliphatic carbocycles. The summed E-state index contributed by atoms with van der Waals surface area (Å²) < 4.78 is 5.63. The molecule has 4 aliphatic heterocycles. The van der Waals surface area contributed by atoms with Gasteiger partial charge in [-0.15, -0.1) is 0 Å². The van der Waals surface area contributed by atoms with Crippen molar-refractivity contribution in [3.05, 3.63) is 41.4 Å². The largest absolute Gasteiger partial charge is 0.494 e. The highest BCUT2D eigenvalue weighted by Gasteiger charge is 2.44. The van der Waals surface area contributed by atoms with Crippen LogP contribution in [0.15, 0.2) is 46.3 Å². The van der Waals surface area contributed by atoms with Crippen LogP contribution in [0.3, 0.4) is 0 Å². The van der Waals surface area contributed by atoms with Crippen LogP contribution < -0.4 is 21.3 Å². The first kappa shape index (κ1) is 25.5. The van der Waals surface area contributed by atoms with E-state index < -0.39 is 0 Å². The lowest BCUT2D eigenvalue weighted by Gasteiger charge is -2.45. The molecule has 3 saturated heterocycles. The third kappa shape index (κ3) is 4.45. The Morgan fingerprint density at radius 3 is 2.76 bits per heavy atom. The second-order valence-electron chi connectivity index (χ2n) is 10.5. The number of ether oxygens (including phenoxy) is 1. The minimum absolute atomic E-state index is 0.0625. The van der Waals surface area contributed by atoms with Crippen molar-refractivity contribution in [2.24, 2.45) is 11.1 Å². The number of amides is 1. The summed E-state index contributed by atoms with van der Waals surface area (Å²) in [5.74, 6) is 0.815. The van der Waals surface area contributed by atoms with Crippen molar-refractivity contribution < 1.29 is 14.6 Å². The van der Waals surface area contributed by atoms with Crippen LogP contribution in [-0.4, -0.2) is 70.9 Å². The first-order valence-electron chi connectivity index (χ1n) is 13.0. The Hall–Kier alpha value is -2.73. The van der Waals surface area contributed by atoms with Crippen molar-refractivity contribution in [3.63, 3.8) is 0 Å². The Balaban J connectivity index is 1.20. The third-order valence-electron chi connectivity index (χ3n) is 8.27. The number of nitrogen functional groups attached to an aromatic ring is 1. The highest BCUT2D eigenvalue weighted by Crippen LogP contribution is 2.43. The Morgan fingerprint density at radius 2 is 2.03 bits per heavy atom. The lowest BCUT2D eigenvalue weighted by atomic mass is 9.75. The Kier molecular flexibility index (Phi) is 6.79. The molecular formula is C26H32ClN7O3S. The number of carbonyl (C=O) groups is 1. The first-order valence-corrected chi connectivity index (χ1v) is 14.2. The maximum absolute atomic E-state index is 12.4. The Morgan fingerprint density at radius 1 is 1.21 bits per heavy atom. The van der Waals surface area contributed by atoms with Crippen LogP contribution in [0.5, 0.6) is 0 Å². The summed E-state index contributed by atoms with van der Waals surface area (Å²) in [5.41, 5.74) is 13.4. The number of piperidine rings is 2. The van der Waals surface area contributed by atoms with Crippen LogP contribution in [0.2, 0.25) is 5.02 Å². The van der Waals surface area contributed by atoms with Crippen LogP contribution in [0.4, 0.5) is 17.3 Å². The fraction of sp³-hybridized carbons (Fsp3) is 0.500. The van der Waals surface area contributed by atoms with Gasteiger partial charge in [0.25, 0.3) is 5.91 Å². The van der Waals surface area contributed by atoms with Crippen molar-refractivity contribution in [1.29, 1.82) is 0 Å². The molecule has 4 aliphatic rings. The fourth-order valence-corrected chi connectivity index (χ4v) is 7.13. The SMILES string of the molecule is Nc1nc(N2CCC3(CC2)COCC3N)cnc1Sc1cccc(N2C(O)=CC(=O)N3CCCC[C@H]32)c1Cl. The van der Waals surface area contributed by atoms with Gasteiger partial charge in [0.15, 0.2) is 11.7 Å². The number of fused-ring (bicyclic) bond motifs is 1. The highest BCUT2D eigenvalue weighted by molar-refractivity contribution is 7.99. The van der Waals surface area contributed by atoms with E-state index in [9.17, 15) is 9.90 Å². The number of halogens is 1. The monoisotopic (exact) mass is 557 g/mol. The van der Waals surface area contributed by atoms with Gasteiger partial charge in [0, 0.05) is 36.0 Å². The second kappa shape index (κ2) is 10.1. The number of anilines is 3. The topological polar surface area (TPSA) is 134 Å². The number of nitrogens with two attached hydrogens (primary N) is 2. The maximum Gasteiger partial charge on any atom is 0.253 e. The zero-order chi connectivity index (χ0) is 26.4. The molecular weight excluding hydrogens is 526 g/mol. The second-order valence-corrected chi connectivity index (χ2v) is 11.9. The minimum atomic E-state index is -0.267. The summed E-state index contributed by atoms with van der Waals surface area (Å²) in [4.78, 5) is 28.2. The minimum Gasteiger partial charge on any atom is -0.494 e. The van der Waals surface area contributed by atoms with Gasteiger partial charge in [-0.05, 0) is 44.2 Å². The maximum atomic E-state index is 12.4. The predicted molar refractivity (Wildman–Crippen MR) is 147 cm³/mol. The fourth-order valence-electron chi connectivity index (χ4n) is 5.99. The van der Waals surface area contributed by atoms with Gasteiger partial charge >= 0.3 is 0 Å². The molecule has 5 N–H and O–H groups in total. The number of aromatic nitrogens is 2. The summed E-state index contributed by atoms with van der Waals surface area (Å²) in [5, 5.41) is 11.7. The normalized spacial score (nSPS) is 25.1. The number of rotatable bonds is 4. The van der Waals surface area contributed by atoms with Gasteiger partial charge in [-0.3, -0.25) is 9.69 Å². The van der Waals surface area contributed by atoms with E-state index in [1.165, 1.54) is 17.8 Å². The molecule has 1 spiro atoms. The zero-order valence-electron chi connectivity index (χ0n) is 21.1. The van der Waals surface area contributed by atoms with Crippen LogP contribution in [0.1, 0.15) is 32.1 Å². The lowest BCUT2D eigenvalue weighted by molar-refractivity contribution is -0.130. The highest BCUT2D eigenvalue weighted by atomic mass is 35.5. The predicted octanol–water partition coefficient (Wildman–Crippen LogP) is 3.37. The average Bonchev–Trinajstić information content (AvgIpc) is 3.26. The van der Waals surface area contributed by atoms with Gasteiger partial charge in [0.1, 0.15) is 17.0 Å². The van der Waals surface area contributed by atoms with E-state index in [-0.39, 0.29) is 29.4 Å². The third-order valence-corrected chi connectivity index (χ3v) is 9.85. The Labute approximate surface area is 231 Å². The number of benzene rings is 1. The van der Waals surface area contributed by atoms with Crippen molar-refractivity contribution in [2.75, 3.05) is 48.4 Å². The van der Waals surface area contributed by atoms with E-state index in [0.29, 0.717) is 34.7 Å². The number of aliphatic hydroxyl groups is 1. The van der Waals surface area contributed by atoms with Crippen molar-refractivity contribution >= 4 is 46.6 Å². The molecule has 1 aromatic carbocycles. The number of nitrogens with zero attached hydrogens (tertiary/aromatic N) is 5. The van der Waals surface area contributed by atoms with E-state index in [0.717, 1.165) is 62.5 Å². The molecule has 2 aromatic rings. The molecule has 6 rings (SSSR count). The molecule has 1 aromatic heterocycles. The van der Waals surface area contributed by atoms with Crippen LogP contribution in [0, 0.1) is 5.41 Å². The average molecular weight is 558 g/mol. The van der Waals surface area contributed by atoms with Gasteiger partial charge in [-0.2, -0.15) is 0 Å². The van der Waals surface area contributed by atoms with Gasteiger partial charge in [0.05, 0.1) is 36.2 Å². The van der Waals surface area contributed by atoms with Gasteiger partial charge in [-0.1, -0.05) is 29.4 Å². The molecule has 10 nitrogen and oxygen atoms in total. The standard InChI is InChI=1S/C26H32ClN7O3S/c27-23-16(34-20-6-1-2-9-33(20)21(35)12-22(34)36)4-3-5-17(23)38-25-24(29)31-19(13-30-25)32-10-7-26(8-11-32)15-37-14-18(26)28/h3-5,12-13,18,20,36H,1-2,6-11,14-15,28H2,(H2,29,31)/t18?,20-/m1/s1. The summed E-state index contributed by atoms with van der Waals surface area (Å²) in [6.07, 6.45) is 7.34. The molecule has 1 amide bonds. The zero-order valence-corrected chi connectivity index (χ0v) is 22.6. The Bertz CT molecular complexity index is 1270. The summed E-state index contributed by atoms with van der Waals surface area (Å²) >= 11 is 8.21. The number of aliphatic hydroxyl groups excluding tert-OH is 1. The summed E-state index contributed by atoms with van der Waals surface area (Å²) in [6.45, 7) is 3.68. The van der Waals surface area contributed by atoms with E-state index in [1.54, 1.807) is 16.0 Å². The molecule has 3 fully saturated rings. The molecule has 0 radical (unpaired) electrons. The smallest absolute Gasteiger partial charge is 0.253 e. The van der Waals surface area contributed by atoms with Gasteiger partial charge in [-0.25, -0.2) is 9.97 Å². The lowest BCUT2D eigenvalue weighted by Crippen LogP contribution is -2.56. The van der Waals surface area contributed by atoms with E-state index >= 15 is 0 Å². The molecule has 202 valence electrons. The van der Waals surface area contributed by atoms with Crippen molar-refractivity contribution in [3.8, 4) is 0 Å². The number of hydrogen-bond donors (Lipinski definition) is 3. The van der Waals surface area contributed by atoms with Gasteiger partial charge < -0.3 is 31.1 Å². The number of carbonyl (C=O) groups excluding carboxylic acids is 1. The van der Waals surface area contributed by atoms with E-state index in [2.05, 4.69) is 14.9 Å². The molecule has 12 heteroatoms. The summed E-state index contributed by atoms with van der Waals surface area (Å²) in [6, 6.07) is 5.70. The van der Waals surface area contributed by atoms with Crippen LogP contribution in [-0.2, 0) is 9.53 Å². The molecule has 5 heterocycles. The molecule has 0 bridgehead atoms. The number of hydrogen-bond acceptors (Lipinski definition) is 10. The van der Waals surface area contributed by atoms with Crippen LogP contribution >= 0.6 is 23.4 Å². The quantitative estimate of drug-likeness (QED) is 0.513.